The first-order chi connectivity index (χ1) is 8.15. The van der Waals surface area contributed by atoms with Gasteiger partial charge in [-0.15, -0.1) is 0 Å². The highest BCUT2D eigenvalue weighted by molar-refractivity contribution is 9.10. The Labute approximate surface area is 116 Å². The minimum atomic E-state index is 0.217. The Morgan fingerprint density at radius 1 is 0.941 bits per heavy atom. The van der Waals surface area contributed by atoms with Crippen LogP contribution in [0.4, 0.5) is 5.69 Å². The average molecular weight is 355 g/mol. The van der Waals surface area contributed by atoms with Crippen LogP contribution in [0.15, 0.2) is 56.4 Å². The highest BCUT2D eigenvalue weighted by Crippen LogP contribution is 2.22. The fraction of sp³-hybridized carbons (Fsp3) is 0. The molecule has 0 spiro atoms. The number of phenols is 1. The summed E-state index contributed by atoms with van der Waals surface area (Å²) in [6, 6.07) is 12.9. The van der Waals surface area contributed by atoms with Crippen LogP contribution in [0.2, 0.25) is 0 Å². The number of aliphatic imine (C=N–C) groups is 1. The smallest absolute Gasteiger partial charge is 0.124 e. The second kappa shape index (κ2) is 5.47. The minimum absolute atomic E-state index is 0.217. The first kappa shape index (κ1) is 12.3. The summed E-state index contributed by atoms with van der Waals surface area (Å²) >= 11 is 6.72. The molecule has 2 aromatic carbocycles. The van der Waals surface area contributed by atoms with Gasteiger partial charge >= 0.3 is 0 Å². The van der Waals surface area contributed by atoms with Gasteiger partial charge in [0.25, 0.3) is 0 Å². The number of rotatable bonds is 2. The molecule has 0 saturated carbocycles. The summed E-state index contributed by atoms with van der Waals surface area (Å²) in [5, 5.41) is 9.64. The van der Waals surface area contributed by atoms with E-state index in [-0.39, 0.29) is 5.75 Å². The molecule has 0 heterocycles. The summed E-state index contributed by atoms with van der Waals surface area (Å²) < 4.78 is 1.93. The third-order valence-corrected chi connectivity index (χ3v) is 3.19. The molecule has 0 saturated heterocycles. The van der Waals surface area contributed by atoms with Gasteiger partial charge in [0.15, 0.2) is 0 Å². The van der Waals surface area contributed by atoms with E-state index in [1.807, 2.05) is 30.3 Å². The standard InChI is InChI=1S/C13H9Br2NO/c14-10-1-4-12(5-2-10)16-8-9-7-11(15)3-6-13(9)17/h1-8,17H. The van der Waals surface area contributed by atoms with Crippen LogP contribution >= 0.6 is 31.9 Å². The molecule has 0 aliphatic carbocycles. The zero-order chi connectivity index (χ0) is 12.3. The molecule has 1 N–H and O–H groups in total. The summed E-state index contributed by atoms with van der Waals surface area (Å²) in [5.41, 5.74) is 1.52. The molecule has 0 radical (unpaired) electrons. The van der Waals surface area contributed by atoms with Gasteiger partial charge in [0.05, 0.1) is 5.69 Å². The quantitative estimate of drug-likeness (QED) is 0.781. The van der Waals surface area contributed by atoms with Crippen molar-refractivity contribution in [1.82, 2.24) is 0 Å². The van der Waals surface area contributed by atoms with Gasteiger partial charge in [0.1, 0.15) is 5.75 Å². The molecule has 2 nitrogen and oxygen atoms in total. The molecule has 2 aromatic rings. The Hall–Kier alpha value is -1.13. The molecule has 0 amide bonds. The Balaban J connectivity index is 2.25. The van der Waals surface area contributed by atoms with E-state index in [4.69, 9.17) is 0 Å². The van der Waals surface area contributed by atoms with E-state index in [9.17, 15) is 5.11 Å². The molecule has 86 valence electrons. The highest BCUT2D eigenvalue weighted by Gasteiger charge is 1.98. The first-order valence-corrected chi connectivity index (χ1v) is 6.52. The van der Waals surface area contributed by atoms with Crippen LogP contribution in [-0.2, 0) is 0 Å². The van der Waals surface area contributed by atoms with Gasteiger partial charge in [-0.25, -0.2) is 0 Å². The van der Waals surface area contributed by atoms with E-state index >= 15 is 0 Å². The van der Waals surface area contributed by atoms with Gasteiger partial charge in [-0.05, 0) is 42.5 Å². The molecule has 0 atom stereocenters. The molecule has 0 aromatic heterocycles. The number of hydrogen-bond acceptors (Lipinski definition) is 2. The Kier molecular flexibility index (Phi) is 3.97. The van der Waals surface area contributed by atoms with Crippen molar-refractivity contribution in [3.63, 3.8) is 0 Å². The van der Waals surface area contributed by atoms with Crippen LogP contribution in [0, 0.1) is 0 Å². The Bertz CT molecular complexity index is 550. The molecule has 0 aliphatic heterocycles. The van der Waals surface area contributed by atoms with Gasteiger partial charge in [-0.1, -0.05) is 31.9 Å². The van der Waals surface area contributed by atoms with E-state index < -0.39 is 0 Å². The molecule has 0 aliphatic rings. The second-order valence-electron chi connectivity index (χ2n) is 3.44. The van der Waals surface area contributed by atoms with Crippen molar-refractivity contribution >= 4 is 43.8 Å². The lowest BCUT2D eigenvalue weighted by atomic mass is 10.2. The minimum Gasteiger partial charge on any atom is -0.507 e. The lowest BCUT2D eigenvalue weighted by molar-refractivity contribution is 0.474. The van der Waals surface area contributed by atoms with Crippen molar-refractivity contribution in [3.8, 4) is 5.75 Å². The third kappa shape index (κ3) is 3.41. The first-order valence-electron chi connectivity index (χ1n) is 4.93. The van der Waals surface area contributed by atoms with E-state index in [1.54, 1.807) is 18.3 Å². The average Bonchev–Trinajstić information content (AvgIpc) is 2.32. The van der Waals surface area contributed by atoms with Crippen LogP contribution in [0.1, 0.15) is 5.56 Å². The fourth-order valence-electron chi connectivity index (χ4n) is 1.30. The van der Waals surface area contributed by atoms with Gasteiger partial charge in [0.2, 0.25) is 0 Å². The molecule has 0 bridgehead atoms. The summed E-state index contributed by atoms with van der Waals surface area (Å²) in [7, 11) is 0. The van der Waals surface area contributed by atoms with Gasteiger partial charge in [-0.2, -0.15) is 0 Å². The highest BCUT2D eigenvalue weighted by atomic mass is 79.9. The molecule has 4 heteroatoms. The predicted octanol–water partition coefficient (Wildman–Crippen LogP) is 4.67. The summed E-state index contributed by atoms with van der Waals surface area (Å²) in [5.74, 6) is 0.217. The number of nitrogens with zero attached hydrogens (tertiary/aromatic N) is 1. The predicted molar refractivity (Wildman–Crippen MR) is 77.2 cm³/mol. The lowest BCUT2D eigenvalue weighted by Gasteiger charge is -1.99. The number of phenolic OH excluding ortho intramolecular Hbond substituents is 1. The normalized spacial score (nSPS) is 10.9. The van der Waals surface area contributed by atoms with Crippen molar-refractivity contribution in [2.45, 2.75) is 0 Å². The third-order valence-electron chi connectivity index (χ3n) is 2.17. The monoisotopic (exact) mass is 353 g/mol. The van der Waals surface area contributed by atoms with E-state index in [2.05, 4.69) is 36.9 Å². The van der Waals surface area contributed by atoms with Gasteiger partial charge < -0.3 is 5.11 Å². The Morgan fingerprint density at radius 2 is 1.59 bits per heavy atom. The van der Waals surface area contributed by atoms with Crippen LogP contribution in [0.5, 0.6) is 5.75 Å². The van der Waals surface area contributed by atoms with Crippen molar-refractivity contribution in [2.75, 3.05) is 0 Å². The summed E-state index contributed by atoms with van der Waals surface area (Å²) in [4.78, 5) is 4.29. The van der Waals surface area contributed by atoms with Crippen molar-refractivity contribution in [2.24, 2.45) is 4.99 Å². The molecular weight excluding hydrogens is 346 g/mol. The van der Waals surface area contributed by atoms with E-state index in [0.29, 0.717) is 5.56 Å². The SMILES string of the molecule is Oc1ccc(Br)cc1C=Nc1ccc(Br)cc1. The Morgan fingerprint density at radius 3 is 2.29 bits per heavy atom. The lowest BCUT2D eigenvalue weighted by Crippen LogP contribution is -1.82. The second-order valence-corrected chi connectivity index (χ2v) is 5.27. The zero-order valence-corrected chi connectivity index (χ0v) is 11.9. The van der Waals surface area contributed by atoms with E-state index in [0.717, 1.165) is 14.6 Å². The largest absolute Gasteiger partial charge is 0.507 e. The van der Waals surface area contributed by atoms with Gasteiger partial charge in [-0.3, -0.25) is 4.99 Å². The van der Waals surface area contributed by atoms with E-state index in [1.165, 1.54) is 0 Å². The molecule has 0 fully saturated rings. The number of aromatic hydroxyl groups is 1. The topological polar surface area (TPSA) is 32.6 Å². The molecular formula is C13H9Br2NO. The van der Waals surface area contributed by atoms with Crippen molar-refractivity contribution < 1.29 is 5.11 Å². The maximum Gasteiger partial charge on any atom is 0.124 e. The van der Waals surface area contributed by atoms with Crippen molar-refractivity contribution in [1.29, 1.82) is 0 Å². The van der Waals surface area contributed by atoms with Crippen LogP contribution in [0.25, 0.3) is 0 Å². The van der Waals surface area contributed by atoms with Crippen LogP contribution in [0.3, 0.4) is 0 Å². The maximum atomic E-state index is 9.64. The van der Waals surface area contributed by atoms with Crippen molar-refractivity contribution in [3.05, 3.63) is 57.0 Å². The number of halogens is 2. The summed E-state index contributed by atoms with van der Waals surface area (Å²) in [6.07, 6.45) is 1.64. The van der Waals surface area contributed by atoms with Crippen LogP contribution in [-0.4, -0.2) is 11.3 Å². The molecule has 0 unspecified atom stereocenters. The summed E-state index contributed by atoms with van der Waals surface area (Å²) in [6.45, 7) is 0. The van der Waals surface area contributed by atoms with Crippen LogP contribution < -0.4 is 0 Å². The number of benzene rings is 2. The molecule has 17 heavy (non-hydrogen) atoms. The fourth-order valence-corrected chi connectivity index (χ4v) is 1.94. The van der Waals surface area contributed by atoms with Gasteiger partial charge in [0, 0.05) is 20.7 Å². The molecule has 2 rings (SSSR count). The zero-order valence-electron chi connectivity index (χ0n) is 8.77. The maximum absolute atomic E-state index is 9.64. The number of hydrogen-bond donors (Lipinski definition) is 1.